The number of anilines is 2. The molecular weight excluding hydrogens is 302 g/mol. The summed E-state index contributed by atoms with van der Waals surface area (Å²) >= 11 is 1.54. The molecule has 0 aliphatic carbocycles. The average molecular weight is 313 g/mol. The predicted octanol–water partition coefficient (Wildman–Crippen LogP) is 3.56. The highest BCUT2D eigenvalue weighted by molar-refractivity contribution is 7.15. The van der Waals surface area contributed by atoms with Crippen molar-refractivity contribution in [3.63, 3.8) is 0 Å². The minimum atomic E-state index is -0.442. The van der Waals surface area contributed by atoms with Crippen molar-refractivity contribution >= 4 is 28.7 Å². The van der Waals surface area contributed by atoms with E-state index in [4.69, 9.17) is 0 Å². The van der Waals surface area contributed by atoms with Crippen molar-refractivity contribution in [2.75, 3.05) is 5.32 Å². The first kappa shape index (κ1) is 14.1. The molecule has 0 bridgehead atoms. The van der Waals surface area contributed by atoms with Crippen LogP contribution in [0.15, 0.2) is 42.7 Å². The monoisotopic (exact) mass is 313 g/mol. The molecule has 0 atom stereocenters. The zero-order valence-electron chi connectivity index (χ0n) is 11.6. The van der Waals surface area contributed by atoms with Gasteiger partial charge in [0.05, 0.1) is 20.5 Å². The van der Waals surface area contributed by atoms with Gasteiger partial charge < -0.3 is 5.32 Å². The lowest BCUT2D eigenvalue weighted by molar-refractivity contribution is -0.384. The maximum atomic E-state index is 10.8. The van der Waals surface area contributed by atoms with Gasteiger partial charge in [-0.2, -0.15) is 0 Å². The summed E-state index contributed by atoms with van der Waals surface area (Å²) in [6, 6.07) is 8.00. The highest BCUT2D eigenvalue weighted by Gasteiger charge is 2.08. The number of aromatic nitrogens is 3. The van der Waals surface area contributed by atoms with E-state index >= 15 is 0 Å². The Morgan fingerprint density at radius 2 is 2.14 bits per heavy atom. The van der Waals surface area contributed by atoms with Crippen LogP contribution >= 0.6 is 11.3 Å². The molecule has 0 aliphatic rings. The van der Waals surface area contributed by atoms with E-state index in [1.807, 2.05) is 6.92 Å². The number of hydrogen-bond acceptors (Lipinski definition) is 7. The molecular formula is C14H11N5O2S. The summed E-state index contributed by atoms with van der Waals surface area (Å²) in [4.78, 5) is 24.0. The molecule has 0 radical (unpaired) electrons. The molecule has 8 heteroatoms. The number of nitrogens with one attached hydrogen (secondary N) is 1. The molecule has 2 heterocycles. The van der Waals surface area contributed by atoms with Gasteiger partial charge in [0.2, 0.25) is 5.95 Å². The van der Waals surface area contributed by atoms with Crippen molar-refractivity contribution in [2.24, 2.45) is 0 Å². The number of nitro groups is 1. The number of aryl methyl sites for hydroxylation is 1. The van der Waals surface area contributed by atoms with Crippen LogP contribution in [0.5, 0.6) is 0 Å². The maximum Gasteiger partial charge on any atom is 0.271 e. The molecule has 0 aliphatic heterocycles. The Morgan fingerprint density at radius 3 is 2.86 bits per heavy atom. The number of thiazole rings is 1. The van der Waals surface area contributed by atoms with E-state index in [-0.39, 0.29) is 5.69 Å². The number of non-ortho nitro benzene ring substituents is 1. The first-order valence-electron chi connectivity index (χ1n) is 6.39. The Labute approximate surface area is 129 Å². The molecule has 1 aromatic carbocycles. The molecule has 1 N–H and O–H groups in total. The van der Waals surface area contributed by atoms with Crippen LogP contribution in [-0.2, 0) is 0 Å². The summed E-state index contributed by atoms with van der Waals surface area (Å²) in [5.74, 6) is 0.379. The summed E-state index contributed by atoms with van der Waals surface area (Å²) < 4.78 is 0. The third-order valence-corrected chi connectivity index (χ3v) is 3.78. The van der Waals surface area contributed by atoms with Gasteiger partial charge in [-0.25, -0.2) is 15.0 Å². The number of hydrogen-bond donors (Lipinski definition) is 1. The van der Waals surface area contributed by atoms with Crippen molar-refractivity contribution in [1.29, 1.82) is 0 Å². The van der Waals surface area contributed by atoms with E-state index in [9.17, 15) is 10.1 Å². The number of rotatable bonds is 4. The van der Waals surface area contributed by atoms with Gasteiger partial charge in [0, 0.05) is 30.2 Å². The Balaban J connectivity index is 1.87. The first-order chi connectivity index (χ1) is 10.6. The van der Waals surface area contributed by atoms with Gasteiger partial charge in [-0.1, -0.05) is 6.07 Å². The Kier molecular flexibility index (Phi) is 3.75. The molecule has 0 amide bonds. The minimum absolute atomic E-state index is 0.0132. The fourth-order valence-corrected chi connectivity index (χ4v) is 2.61. The smallest absolute Gasteiger partial charge is 0.271 e. The fourth-order valence-electron chi connectivity index (χ4n) is 1.86. The molecule has 22 heavy (non-hydrogen) atoms. The van der Waals surface area contributed by atoms with Crippen molar-refractivity contribution in [3.05, 3.63) is 57.8 Å². The Hall–Kier alpha value is -2.87. The minimum Gasteiger partial charge on any atom is -0.324 e. The van der Waals surface area contributed by atoms with Gasteiger partial charge in [0.25, 0.3) is 5.69 Å². The maximum absolute atomic E-state index is 10.8. The predicted molar refractivity (Wildman–Crippen MR) is 84.3 cm³/mol. The van der Waals surface area contributed by atoms with E-state index in [0.29, 0.717) is 11.6 Å². The van der Waals surface area contributed by atoms with Gasteiger partial charge in [-0.3, -0.25) is 10.1 Å². The Bertz CT molecular complexity index is 833. The zero-order chi connectivity index (χ0) is 15.5. The molecule has 3 rings (SSSR count). The van der Waals surface area contributed by atoms with E-state index in [2.05, 4.69) is 20.3 Å². The number of nitro benzene ring substituents is 1. The lowest BCUT2D eigenvalue weighted by Gasteiger charge is -2.05. The van der Waals surface area contributed by atoms with Gasteiger partial charge >= 0.3 is 0 Å². The SMILES string of the molecule is Cc1ncc(-c2ccnc(Nc3cccc([N+](=O)[O-])c3)n2)s1. The second-order valence-electron chi connectivity index (χ2n) is 4.44. The van der Waals surface area contributed by atoms with Crippen LogP contribution in [0.2, 0.25) is 0 Å². The third-order valence-electron chi connectivity index (χ3n) is 2.84. The first-order valence-corrected chi connectivity index (χ1v) is 7.21. The molecule has 0 saturated carbocycles. The molecule has 110 valence electrons. The molecule has 0 spiro atoms. The van der Waals surface area contributed by atoms with Crippen LogP contribution in [0.4, 0.5) is 17.3 Å². The quantitative estimate of drug-likeness (QED) is 0.584. The van der Waals surface area contributed by atoms with Crippen LogP contribution in [0.25, 0.3) is 10.6 Å². The van der Waals surface area contributed by atoms with E-state index in [1.54, 1.807) is 41.9 Å². The average Bonchev–Trinajstić information content (AvgIpc) is 2.94. The second kappa shape index (κ2) is 5.86. The highest BCUT2D eigenvalue weighted by atomic mass is 32.1. The topological polar surface area (TPSA) is 93.8 Å². The van der Waals surface area contributed by atoms with Crippen molar-refractivity contribution in [1.82, 2.24) is 15.0 Å². The van der Waals surface area contributed by atoms with E-state index in [0.717, 1.165) is 15.6 Å². The van der Waals surface area contributed by atoms with Crippen molar-refractivity contribution in [3.8, 4) is 10.6 Å². The standard InChI is InChI=1S/C14H11N5O2S/c1-9-16-8-13(22-9)12-5-6-15-14(18-12)17-10-3-2-4-11(7-10)19(20)21/h2-8H,1H3,(H,15,17,18). The van der Waals surface area contributed by atoms with Gasteiger partial charge in [-0.05, 0) is 19.1 Å². The molecule has 0 saturated heterocycles. The summed E-state index contributed by atoms with van der Waals surface area (Å²) in [5, 5.41) is 14.7. The van der Waals surface area contributed by atoms with Crippen molar-refractivity contribution in [2.45, 2.75) is 6.92 Å². The van der Waals surface area contributed by atoms with Crippen LogP contribution in [0.1, 0.15) is 5.01 Å². The van der Waals surface area contributed by atoms with Crippen molar-refractivity contribution < 1.29 is 4.92 Å². The Morgan fingerprint density at radius 1 is 1.27 bits per heavy atom. The van der Waals surface area contributed by atoms with Crippen LogP contribution in [-0.4, -0.2) is 19.9 Å². The largest absolute Gasteiger partial charge is 0.324 e. The second-order valence-corrected chi connectivity index (χ2v) is 5.68. The summed E-state index contributed by atoms with van der Waals surface area (Å²) in [5.41, 5.74) is 1.33. The number of benzene rings is 1. The normalized spacial score (nSPS) is 10.4. The molecule has 0 unspecified atom stereocenters. The molecule has 3 aromatic rings. The molecule has 0 fully saturated rings. The van der Waals surface area contributed by atoms with Gasteiger partial charge in [0.1, 0.15) is 0 Å². The van der Waals surface area contributed by atoms with Gasteiger partial charge in [0.15, 0.2) is 0 Å². The lowest BCUT2D eigenvalue weighted by atomic mass is 10.3. The van der Waals surface area contributed by atoms with Gasteiger partial charge in [-0.15, -0.1) is 11.3 Å². The van der Waals surface area contributed by atoms with Crippen LogP contribution in [0, 0.1) is 17.0 Å². The highest BCUT2D eigenvalue weighted by Crippen LogP contribution is 2.25. The number of nitrogens with zero attached hydrogens (tertiary/aromatic N) is 4. The summed E-state index contributed by atoms with van der Waals surface area (Å²) in [6.07, 6.45) is 3.40. The molecule has 2 aromatic heterocycles. The van der Waals surface area contributed by atoms with E-state index in [1.165, 1.54) is 12.1 Å². The third kappa shape index (κ3) is 3.07. The zero-order valence-corrected chi connectivity index (χ0v) is 12.4. The van der Waals surface area contributed by atoms with Crippen LogP contribution < -0.4 is 5.32 Å². The summed E-state index contributed by atoms with van der Waals surface area (Å²) in [7, 11) is 0. The van der Waals surface area contributed by atoms with Crippen LogP contribution in [0.3, 0.4) is 0 Å². The fraction of sp³-hybridized carbons (Fsp3) is 0.0714. The lowest BCUT2D eigenvalue weighted by Crippen LogP contribution is -1.98. The summed E-state index contributed by atoms with van der Waals surface area (Å²) in [6.45, 7) is 1.93. The molecule has 7 nitrogen and oxygen atoms in total. The van der Waals surface area contributed by atoms with E-state index < -0.39 is 4.92 Å².